The van der Waals surface area contributed by atoms with Crippen molar-refractivity contribution in [2.24, 2.45) is 0 Å². The lowest BCUT2D eigenvalue weighted by Crippen LogP contribution is -2.31. The SMILES string of the molecule is O=C(O)c1ccc(OCCN2CCNC2=O)cn1. The summed E-state index contributed by atoms with van der Waals surface area (Å²) >= 11 is 0. The molecule has 0 aromatic carbocycles. The number of aromatic nitrogens is 1. The van der Waals surface area contributed by atoms with E-state index < -0.39 is 5.97 Å². The van der Waals surface area contributed by atoms with Crippen molar-refractivity contribution in [3.8, 4) is 5.75 Å². The molecule has 2 amide bonds. The minimum Gasteiger partial charge on any atom is -0.490 e. The van der Waals surface area contributed by atoms with Gasteiger partial charge in [-0.05, 0) is 12.1 Å². The Morgan fingerprint density at radius 2 is 2.39 bits per heavy atom. The number of carboxylic acids is 1. The van der Waals surface area contributed by atoms with Crippen LogP contribution in [0.3, 0.4) is 0 Å². The van der Waals surface area contributed by atoms with Crippen molar-refractivity contribution in [2.75, 3.05) is 26.2 Å². The third-order valence-corrected chi connectivity index (χ3v) is 2.53. The van der Waals surface area contributed by atoms with Crippen molar-refractivity contribution in [1.29, 1.82) is 0 Å². The number of carboxylic acid groups (broad SMARTS) is 1. The first-order chi connectivity index (χ1) is 8.66. The highest BCUT2D eigenvalue weighted by Gasteiger charge is 2.18. The molecule has 7 nitrogen and oxygen atoms in total. The summed E-state index contributed by atoms with van der Waals surface area (Å²) in [5, 5.41) is 11.4. The molecule has 1 aliphatic rings. The fourth-order valence-electron chi connectivity index (χ4n) is 1.59. The van der Waals surface area contributed by atoms with Crippen molar-refractivity contribution in [1.82, 2.24) is 15.2 Å². The molecule has 1 fully saturated rings. The van der Waals surface area contributed by atoms with Crippen LogP contribution in [-0.2, 0) is 0 Å². The first kappa shape index (κ1) is 12.2. The zero-order valence-electron chi connectivity index (χ0n) is 9.63. The molecule has 1 saturated heterocycles. The van der Waals surface area contributed by atoms with E-state index in [9.17, 15) is 9.59 Å². The minimum atomic E-state index is -1.07. The first-order valence-corrected chi connectivity index (χ1v) is 5.52. The van der Waals surface area contributed by atoms with Crippen LogP contribution in [0.5, 0.6) is 5.75 Å². The Labute approximate surface area is 103 Å². The Morgan fingerprint density at radius 3 is 2.94 bits per heavy atom. The quantitative estimate of drug-likeness (QED) is 0.779. The summed E-state index contributed by atoms with van der Waals surface area (Å²) < 4.78 is 5.37. The smallest absolute Gasteiger partial charge is 0.354 e. The Hall–Kier alpha value is -2.31. The molecule has 2 rings (SSSR count). The molecule has 2 heterocycles. The van der Waals surface area contributed by atoms with Gasteiger partial charge in [-0.2, -0.15) is 0 Å². The van der Waals surface area contributed by atoms with E-state index >= 15 is 0 Å². The van der Waals surface area contributed by atoms with Gasteiger partial charge in [0, 0.05) is 13.1 Å². The summed E-state index contributed by atoms with van der Waals surface area (Å²) in [5.41, 5.74) is -0.0266. The van der Waals surface area contributed by atoms with Gasteiger partial charge < -0.3 is 20.1 Å². The number of hydrogen-bond donors (Lipinski definition) is 2. The van der Waals surface area contributed by atoms with Crippen LogP contribution in [0, 0.1) is 0 Å². The molecule has 0 aliphatic carbocycles. The average Bonchev–Trinajstić information content (AvgIpc) is 2.76. The standard InChI is InChI=1S/C11H13N3O4/c15-10(16)9-2-1-8(7-13-9)18-6-5-14-4-3-12-11(14)17/h1-2,7H,3-6H2,(H,12,17)(H,15,16). The largest absolute Gasteiger partial charge is 0.490 e. The van der Waals surface area contributed by atoms with Crippen LogP contribution in [0.4, 0.5) is 4.79 Å². The van der Waals surface area contributed by atoms with Gasteiger partial charge in [0.15, 0.2) is 0 Å². The summed E-state index contributed by atoms with van der Waals surface area (Å²) in [4.78, 5) is 27.2. The number of rotatable bonds is 5. The molecule has 1 aromatic rings. The van der Waals surface area contributed by atoms with E-state index in [1.54, 1.807) is 11.0 Å². The molecule has 18 heavy (non-hydrogen) atoms. The van der Waals surface area contributed by atoms with Crippen LogP contribution in [-0.4, -0.2) is 53.2 Å². The Bertz CT molecular complexity index is 446. The van der Waals surface area contributed by atoms with Crippen molar-refractivity contribution in [3.63, 3.8) is 0 Å². The van der Waals surface area contributed by atoms with Crippen molar-refractivity contribution in [2.45, 2.75) is 0 Å². The van der Waals surface area contributed by atoms with Crippen LogP contribution in [0.25, 0.3) is 0 Å². The van der Waals surface area contributed by atoms with E-state index in [-0.39, 0.29) is 11.7 Å². The molecular weight excluding hydrogens is 238 g/mol. The number of carbonyl (C=O) groups excluding carboxylic acids is 1. The highest BCUT2D eigenvalue weighted by Crippen LogP contribution is 2.09. The molecule has 7 heteroatoms. The highest BCUT2D eigenvalue weighted by atomic mass is 16.5. The van der Waals surface area contributed by atoms with E-state index in [4.69, 9.17) is 9.84 Å². The lowest BCUT2D eigenvalue weighted by molar-refractivity contribution is 0.0690. The maximum atomic E-state index is 11.2. The van der Waals surface area contributed by atoms with E-state index in [0.29, 0.717) is 32.0 Å². The van der Waals surface area contributed by atoms with Gasteiger partial charge in [0.2, 0.25) is 0 Å². The van der Waals surface area contributed by atoms with Crippen LogP contribution >= 0.6 is 0 Å². The van der Waals surface area contributed by atoms with Gasteiger partial charge in [-0.25, -0.2) is 14.6 Å². The number of amides is 2. The number of pyridine rings is 1. The zero-order chi connectivity index (χ0) is 13.0. The fourth-order valence-corrected chi connectivity index (χ4v) is 1.59. The van der Waals surface area contributed by atoms with Crippen LogP contribution in [0.2, 0.25) is 0 Å². The number of hydrogen-bond acceptors (Lipinski definition) is 4. The molecule has 1 aromatic heterocycles. The average molecular weight is 251 g/mol. The number of nitrogens with one attached hydrogen (secondary N) is 1. The van der Waals surface area contributed by atoms with Crippen molar-refractivity contribution in [3.05, 3.63) is 24.0 Å². The number of nitrogens with zero attached hydrogens (tertiary/aromatic N) is 2. The van der Waals surface area contributed by atoms with E-state index in [2.05, 4.69) is 10.3 Å². The van der Waals surface area contributed by atoms with Gasteiger partial charge in [-0.3, -0.25) is 0 Å². The van der Waals surface area contributed by atoms with Crippen molar-refractivity contribution >= 4 is 12.0 Å². The van der Waals surface area contributed by atoms with Crippen LogP contribution in [0.1, 0.15) is 10.5 Å². The molecule has 0 radical (unpaired) electrons. The van der Waals surface area contributed by atoms with E-state index in [1.165, 1.54) is 12.3 Å². The molecule has 0 atom stereocenters. The Balaban J connectivity index is 1.79. The number of aromatic carboxylic acids is 1. The normalized spacial score (nSPS) is 14.4. The third-order valence-electron chi connectivity index (χ3n) is 2.53. The van der Waals surface area contributed by atoms with Gasteiger partial charge in [0.25, 0.3) is 0 Å². The second kappa shape index (κ2) is 5.35. The molecule has 0 saturated carbocycles. The molecule has 96 valence electrons. The molecule has 1 aliphatic heterocycles. The summed E-state index contributed by atoms with van der Waals surface area (Å²) in [6.45, 7) is 2.18. The third kappa shape index (κ3) is 2.88. The predicted octanol–water partition coefficient (Wildman–Crippen LogP) is 0.184. The molecule has 2 N–H and O–H groups in total. The second-order valence-electron chi connectivity index (χ2n) is 3.75. The molecular formula is C11H13N3O4. The van der Waals surface area contributed by atoms with Gasteiger partial charge in [-0.15, -0.1) is 0 Å². The number of urea groups is 1. The number of carbonyl (C=O) groups is 2. The van der Waals surface area contributed by atoms with E-state index in [0.717, 1.165) is 0 Å². The van der Waals surface area contributed by atoms with Gasteiger partial charge in [0.1, 0.15) is 18.1 Å². The van der Waals surface area contributed by atoms with Crippen LogP contribution < -0.4 is 10.1 Å². The van der Waals surface area contributed by atoms with E-state index in [1.807, 2.05) is 0 Å². The predicted molar refractivity (Wildman–Crippen MR) is 61.7 cm³/mol. The minimum absolute atomic E-state index is 0.0266. The molecule has 0 bridgehead atoms. The number of ether oxygens (including phenoxy) is 1. The summed E-state index contributed by atoms with van der Waals surface area (Å²) in [5.74, 6) is -0.588. The second-order valence-corrected chi connectivity index (χ2v) is 3.75. The first-order valence-electron chi connectivity index (χ1n) is 5.52. The zero-order valence-corrected chi connectivity index (χ0v) is 9.63. The summed E-state index contributed by atoms with van der Waals surface area (Å²) in [6, 6.07) is 2.83. The molecule has 0 spiro atoms. The highest BCUT2D eigenvalue weighted by molar-refractivity contribution is 5.85. The van der Waals surface area contributed by atoms with Gasteiger partial charge in [-0.1, -0.05) is 0 Å². The monoisotopic (exact) mass is 251 g/mol. The Morgan fingerprint density at radius 1 is 1.56 bits per heavy atom. The van der Waals surface area contributed by atoms with Crippen LogP contribution in [0.15, 0.2) is 18.3 Å². The summed E-state index contributed by atoms with van der Waals surface area (Å²) in [6.07, 6.45) is 1.35. The topological polar surface area (TPSA) is 91.8 Å². The maximum absolute atomic E-state index is 11.2. The lowest BCUT2D eigenvalue weighted by Gasteiger charge is -2.14. The maximum Gasteiger partial charge on any atom is 0.354 e. The fraction of sp³-hybridized carbons (Fsp3) is 0.364. The molecule has 0 unspecified atom stereocenters. The van der Waals surface area contributed by atoms with Crippen molar-refractivity contribution < 1.29 is 19.4 Å². The summed E-state index contributed by atoms with van der Waals surface area (Å²) in [7, 11) is 0. The van der Waals surface area contributed by atoms with Gasteiger partial charge >= 0.3 is 12.0 Å². The Kier molecular flexibility index (Phi) is 3.61. The lowest BCUT2D eigenvalue weighted by atomic mass is 10.3. The van der Waals surface area contributed by atoms with Gasteiger partial charge in [0.05, 0.1) is 12.7 Å².